The highest BCUT2D eigenvalue weighted by molar-refractivity contribution is 9.10. The molecule has 1 aromatic carbocycles. The summed E-state index contributed by atoms with van der Waals surface area (Å²) in [6, 6.07) is 7.43. The molecule has 0 aromatic heterocycles. The van der Waals surface area contributed by atoms with E-state index in [1.54, 1.807) is 6.08 Å². The average Bonchev–Trinajstić information content (AvgIpc) is 2.34. The van der Waals surface area contributed by atoms with E-state index in [2.05, 4.69) is 26.0 Å². The van der Waals surface area contributed by atoms with E-state index < -0.39 is 0 Å². The SMILES string of the molecule is COC(=O)CC=C(NC(C)=O)c1ccc(Br)cc1. The fourth-order valence-electron chi connectivity index (χ4n) is 1.33. The molecule has 1 rings (SSSR count). The first-order valence-corrected chi connectivity index (χ1v) is 6.12. The van der Waals surface area contributed by atoms with Gasteiger partial charge >= 0.3 is 5.97 Å². The number of ether oxygens (including phenoxy) is 1. The normalized spacial score (nSPS) is 10.9. The van der Waals surface area contributed by atoms with Crippen LogP contribution in [0.15, 0.2) is 34.8 Å². The first-order valence-electron chi connectivity index (χ1n) is 5.33. The Balaban J connectivity index is 2.93. The van der Waals surface area contributed by atoms with Gasteiger partial charge in [-0.15, -0.1) is 0 Å². The van der Waals surface area contributed by atoms with Gasteiger partial charge in [-0.05, 0) is 23.8 Å². The van der Waals surface area contributed by atoms with Crippen molar-refractivity contribution >= 4 is 33.5 Å². The van der Waals surface area contributed by atoms with Crippen molar-refractivity contribution in [1.82, 2.24) is 5.32 Å². The van der Waals surface area contributed by atoms with Crippen LogP contribution in [0.5, 0.6) is 0 Å². The maximum absolute atomic E-state index is 11.1. The van der Waals surface area contributed by atoms with Gasteiger partial charge in [0.1, 0.15) is 0 Å². The summed E-state index contributed by atoms with van der Waals surface area (Å²) in [6.45, 7) is 1.42. The van der Waals surface area contributed by atoms with Crippen LogP contribution in [0.1, 0.15) is 18.9 Å². The third-order valence-corrected chi connectivity index (χ3v) is 2.70. The summed E-state index contributed by atoms with van der Waals surface area (Å²) in [4.78, 5) is 22.2. The summed E-state index contributed by atoms with van der Waals surface area (Å²) < 4.78 is 5.50. The molecule has 1 aromatic rings. The van der Waals surface area contributed by atoms with Gasteiger partial charge in [-0.2, -0.15) is 0 Å². The molecule has 0 saturated carbocycles. The van der Waals surface area contributed by atoms with Crippen molar-refractivity contribution in [1.29, 1.82) is 0 Å². The number of carbonyl (C=O) groups excluding carboxylic acids is 2. The van der Waals surface area contributed by atoms with E-state index in [1.807, 2.05) is 24.3 Å². The number of benzene rings is 1. The minimum atomic E-state index is -0.352. The standard InChI is InChI=1S/C13H14BrNO3/c1-9(16)15-12(7-8-13(17)18-2)10-3-5-11(14)6-4-10/h3-7H,8H2,1-2H3,(H,15,16). The van der Waals surface area contributed by atoms with E-state index in [1.165, 1.54) is 14.0 Å². The number of hydrogen-bond acceptors (Lipinski definition) is 3. The molecule has 0 radical (unpaired) electrons. The van der Waals surface area contributed by atoms with E-state index in [0.717, 1.165) is 10.0 Å². The topological polar surface area (TPSA) is 55.4 Å². The van der Waals surface area contributed by atoms with Gasteiger partial charge in [0, 0.05) is 17.1 Å². The molecule has 0 atom stereocenters. The van der Waals surface area contributed by atoms with Gasteiger partial charge in [-0.25, -0.2) is 0 Å². The highest BCUT2D eigenvalue weighted by atomic mass is 79.9. The average molecular weight is 312 g/mol. The van der Waals surface area contributed by atoms with Crippen molar-refractivity contribution in [3.05, 3.63) is 40.4 Å². The molecule has 5 heteroatoms. The smallest absolute Gasteiger partial charge is 0.309 e. The lowest BCUT2D eigenvalue weighted by Gasteiger charge is -2.08. The van der Waals surface area contributed by atoms with Crippen LogP contribution in [0.2, 0.25) is 0 Å². The summed E-state index contributed by atoms with van der Waals surface area (Å²) >= 11 is 3.34. The Bertz CT molecular complexity index is 466. The lowest BCUT2D eigenvalue weighted by atomic mass is 10.1. The maximum Gasteiger partial charge on any atom is 0.309 e. The van der Waals surface area contributed by atoms with Crippen molar-refractivity contribution in [3.8, 4) is 0 Å². The Morgan fingerprint density at radius 2 is 1.94 bits per heavy atom. The van der Waals surface area contributed by atoms with Gasteiger partial charge in [0.25, 0.3) is 0 Å². The Labute approximate surface area is 114 Å². The van der Waals surface area contributed by atoms with Crippen LogP contribution in [-0.4, -0.2) is 19.0 Å². The summed E-state index contributed by atoms with van der Waals surface area (Å²) in [6.07, 6.45) is 1.75. The summed E-state index contributed by atoms with van der Waals surface area (Å²) in [5.74, 6) is -0.538. The zero-order valence-electron chi connectivity index (χ0n) is 10.2. The minimum Gasteiger partial charge on any atom is -0.469 e. The number of rotatable bonds is 4. The second-order valence-electron chi connectivity index (χ2n) is 3.59. The number of amides is 1. The lowest BCUT2D eigenvalue weighted by Crippen LogP contribution is -2.18. The number of halogens is 1. The first kappa shape index (κ1) is 14.4. The first-order chi connectivity index (χ1) is 8.52. The number of hydrogen-bond donors (Lipinski definition) is 1. The van der Waals surface area contributed by atoms with Crippen molar-refractivity contribution in [2.45, 2.75) is 13.3 Å². The van der Waals surface area contributed by atoms with Gasteiger partial charge < -0.3 is 10.1 Å². The number of carbonyl (C=O) groups is 2. The van der Waals surface area contributed by atoms with Gasteiger partial charge in [0.15, 0.2) is 0 Å². The van der Waals surface area contributed by atoms with Gasteiger partial charge in [0.2, 0.25) is 5.91 Å². The molecule has 1 N–H and O–H groups in total. The third-order valence-electron chi connectivity index (χ3n) is 2.17. The molecular formula is C13H14BrNO3. The molecule has 0 heterocycles. The molecule has 4 nitrogen and oxygen atoms in total. The minimum absolute atomic E-state index is 0.113. The zero-order chi connectivity index (χ0) is 13.5. The van der Waals surface area contributed by atoms with E-state index >= 15 is 0 Å². The Morgan fingerprint density at radius 1 is 1.33 bits per heavy atom. The third kappa shape index (κ3) is 4.71. The predicted molar refractivity (Wildman–Crippen MR) is 72.6 cm³/mol. The van der Waals surface area contributed by atoms with Crippen LogP contribution in [0, 0.1) is 0 Å². The maximum atomic E-state index is 11.1. The largest absolute Gasteiger partial charge is 0.469 e. The molecule has 0 spiro atoms. The summed E-state index contributed by atoms with van der Waals surface area (Å²) in [5.41, 5.74) is 1.43. The lowest BCUT2D eigenvalue weighted by molar-refractivity contribution is -0.139. The zero-order valence-corrected chi connectivity index (χ0v) is 11.8. The second kappa shape index (κ2) is 6.96. The highest BCUT2D eigenvalue weighted by Crippen LogP contribution is 2.16. The monoisotopic (exact) mass is 311 g/mol. The highest BCUT2D eigenvalue weighted by Gasteiger charge is 2.05. The molecule has 1 amide bonds. The second-order valence-corrected chi connectivity index (χ2v) is 4.50. The van der Waals surface area contributed by atoms with E-state index in [4.69, 9.17) is 0 Å². The fraction of sp³-hybridized carbons (Fsp3) is 0.231. The van der Waals surface area contributed by atoms with Crippen molar-refractivity contribution in [2.24, 2.45) is 0 Å². The van der Waals surface area contributed by atoms with Crippen LogP contribution in [0.25, 0.3) is 5.70 Å². The van der Waals surface area contributed by atoms with E-state index in [0.29, 0.717) is 5.70 Å². The van der Waals surface area contributed by atoms with Crippen molar-refractivity contribution in [2.75, 3.05) is 7.11 Å². The molecule has 18 heavy (non-hydrogen) atoms. The number of nitrogens with one attached hydrogen (secondary N) is 1. The summed E-state index contributed by atoms with van der Waals surface area (Å²) in [7, 11) is 1.33. The molecule has 0 saturated heterocycles. The van der Waals surface area contributed by atoms with Crippen LogP contribution in [0.3, 0.4) is 0 Å². The molecule has 0 fully saturated rings. The number of esters is 1. The molecule has 0 aliphatic rings. The molecule has 0 unspecified atom stereocenters. The Morgan fingerprint density at radius 3 is 2.44 bits per heavy atom. The van der Waals surface area contributed by atoms with Crippen LogP contribution < -0.4 is 5.32 Å². The van der Waals surface area contributed by atoms with Crippen LogP contribution in [-0.2, 0) is 14.3 Å². The number of methoxy groups -OCH3 is 1. The van der Waals surface area contributed by atoms with Crippen molar-refractivity contribution < 1.29 is 14.3 Å². The Hall–Kier alpha value is -1.62. The molecule has 0 bridgehead atoms. The van der Waals surface area contributed by atoms with Crippen LogP contribution >= 0.6 is 15.9 Å². The predicted octanol–water partition coefficient (Wildman–Crippen LogP) is 2.49. The van der Waals surface area contributed by atoms with Gasteiger partial charge in [-0.1, -0.05) is 28.1 Å². The molecule has 96 valence electrons. The van der Waals surface area contributed by atoms with Crippen molar-refractivity contribution in [3.63, 3.8) is 0 Å². The van der Waals surface area contributed by atoms with E-state index in [-0.39, 0.29) is 18.3 Å². The molecule has 0 aliphatic heterocycles. The molecule has 0 aliphatic carbocycles. The Kier molecular flexibility index (Phi) is 5.58. The van der Waals surface area contributed by atoms with Gasteiger partial charge in [-0.3, -0.25) is 9.59 Å². The van der Waals surface area contributed by atoms with Gasteiger partial charge in [0.05, 0.1) is 13.5 Å². The molecular weight excluding hydrogens is 298 g/mol. The summed E-state index contributed by atoms with van der Waals surface area (Å²) in [5, 5.41) is 2.69. The quantitative estimate of drug-likeness (QED) is 0.869. The van der Waals surface area contributed by atoms with E-state index in [9.17, 15) is 9.59 Å². The van der Waals surface area contributed by atoms with Crippen LogP contribution in [0.4, 0.5) is 0 Å². The fourth-order valence-corrected chi connectivity index (χ4v) is 1.59.